The fourth-order valence-electron chi connectivity index (χ4n) is 3.37. The second-order valence-electron chi connectivity index (χ2n) is 6.34. The van der Waals surface area contributed by atoms with E-state index in [1.54, 1.807) is 0 Å². The Balaban J connectivity index is 2.17. The van der Waals surface area contributed by atoms with Crippen LogP contribution < -0.4 is 0 Å². The molecular formula is C19H15BrClN. The summed E-state index contributed by atoms with van der Waals surface area (Å²) in [5, 5.41) is 1.83. The molecule has 1 aliphatic rings. The number of aromatic nitrogens is 1. The van der Waals surface area contributed by atoms with Crippen molar-refractivity contribution in [1.82, 2.24) is 4.98 Å². The van der Waals surface area contributed by atoms with Gasteiger partial charge in [0, 0.05) is 21.9 Å². The molecule has 0 N–H and O–H groups in total. The summed E-state index contributed by atoms with van der Waals surface area (Å²) in [6.07, 6.45) is 0. The van der Waals surface area contributed by atoms with Crippen molar-refractivity contribution in [2.45, 2.75) is 24.1 Å². The van der Waals surface area contributed by atoms with Gasteiger partial charge in [0.2, 0.25) is 0 Å². The van der Waals surface area contributed by atoms with Crippen molar-refractivity contribution in [3.8, 4) is 11.3 Å². The summed E-state index contributed by atoms with van der Waals surface area (Å²) >= 11 is 10.7. The molecule has 0 saturated carbocycles. The number of benzene rings is 2. The van der Waals surface area contributed by atoms with Gasteiger partial charge in [-0.15, -0.1) is 0 Å². The van der Waals surface area contributed by atoms with Crippen LogP contribution in [0.1, 0.15) is 29.8 Å². The third-order valence-corrected chi connectivity index (χ3v) is 6.64. The lowest BCUT2D eigenvalue weighted by Gasteiger charge is -2.38. The second kappa shape index (κ2) is 4.81. The van der Waals surface area contributed by atoms with Crippen molar-refractivity contribution in [2.75, 3.05) is 0 Å². The molecule has 1 heterocycles. The Bertz CT molecular complexity index is 901. The Morgan fingerprint density at radius 1 is 1.05 bits per heavy atom. The Morgan fingerprint density at radius 3 is 2.55 bits per heavy atom. The van der Waals surface area contributed by atoms with E-state index in [9.17, 15) is 0 Å². The van der Waals surface area contributed by atoms with E-state index in [1.165, 1.54) is 11.1 Å². The van der Waals surface area contributed by atoms with Crippen molar-refractivity contribution >= 4 is 38.4 Å². The Morgan fingerprint density at radius 2 is 1.73 bits per heavy atom. The molecule has 0 bridgehead atoms. The van der Waals surface area contributed by atoms with Gasteiger partial charge in [0.05, 0.1) is 21.1 Å². The number of nitrogens with zero attached hydrogens (tertiary/aromatic N) is 1. The second-order valence-corrected chi connectivity index (χ2v) is 7.63. The van der Waals surface area contributed by atoms with Crippen LogP contribution in [0.25, 0.3) is 22.2 Å². The van der Waals surface area contributed by atoms with Gasteiger partial charge in [0.25, 0.3) is 0 Å². The van der Waals surface area contributed by atoms with Gasteiger partial charge in [-0.25, -0.2) is 4.98 Å². The molecule has 2 aromatic carbocycles. The summed E-state index contributed by atoms with van der Waals surface area (Å²) in [5.74, 6) is 0. The monoisotopic (exact) mass is 371 g/mol. The van der Waals surface area contributed by atoms with Crippen LogP contribution in [0.15, 0.2) is 48.5 Å². The smallest absolute Gasteiger partial charge is 0.0771 e. The molecule has 0 amide bonds. The van der Waals surface area contributed by atoms with Crippen LogP contribution in [0, 0.1) is 0 Å². The first-order valence-corrected chi connectivity index (χ1v) is 8.63. The lowest BCUT2D eigenvalue weighted by molar-refractivity contribution is 0.511. The van der Waals surface area contributed by atoms with Gasteiger partial charge in [-0.2, -0.15) is 0 Å². The van der Waals surface area contributed by atoms with Crippen molar-refractivity contribution in [1.29, 1.82) is 0 Å². The zero-order valence-corrected chi connectivity index (χ0v) is 14.7. The van der Waals surface area contributed by atoms with Gasteiger partial charge < -0.3 is 0 Å². The third-order valence-electron chi connectivity index (χ3n) is 4.63. The standard InChI is InChI=1S/C19H15BrClN/c1-19(2)13-9-5-3-7-11(13)17-15(18(19)20)16(21)12-8-4-6-10-14(12)22-17/h3-10,18H,1-2H3. The Hall–Kier alpha value is -1.38. The minimum atomic E-state index is -0.0443. The molecule has 1 aromatic heterocycles. The molecule has 1 atom stereocenters. The van der Waals surface area contributed by atoms with Crippen LogP contribution >= 0.6 is 27.5 Å². The molecule has 22 heavy (non-hydrogen) atoms. The number of pyridine rings is 1. The van der Waals surface area contributed by atoms with Crippen LogP contribution in [-0.2, 0) is 5.41 Å². The van der Waals surface area contributed by atoms with Crippen molar-refractivity contribution < 1.29 is 0 Å². The van der Waals surface area contributed by atoms with E-state index in [-0.39, 0.29) is 10.2 Å². The van der Waals surface area contributed by atoms with Crippen molar-refractivity contribution in [3.63, 3.8) is 0 Å². The summed E-state index contributed by atoms with van der Waals surface area (Å²) in [5.41, 5.74) is 5.50. The largest absolute Gasteiger partial charge is 0.247 e. The number of halogens is 2. The summed E-state index contributed by atoms with van der Waals surface area (Å²) < 4.78 is 0. The number of fused-ring (bicyclic) bond motifs is 4. The fourth-order valence-corrected chi connectivity index (χ4v) is 4.55. The van der Waals surface area contributed by atoms with Gasteiger partial charge in [-0.05, 0) is 11.6 Å². The summed E-state index contributed by atoms with van der Waals surface area (Å²) in [6.45, 7) is 4.50. The predicted octanol–water partition coefficient (Wildman–Crippen LogP) is 6.28. The molecule has 1 aliphatic carbocycles. The summed E-state index contributed by atoms with van der Waals surface area (Å²) in [7, 11) is 0. The van der Waals surface area contributed by atoms with Gasteiger partial charge in [-0.1, -0.05) is 83.8 Å². The maximum absolute atomic E-state index is 6.78. The van der Waals surface area contributed by atoms with Crippen molar-refractivity contribution in [3.05, 3.63) is 64.7 Å². The van der Waals surface area contributed by atoms with Crippen LogP contribution in [0.3, 0.4) is 0 Å². The Kier molecular flexibility index (Phi) is 3.11. The highest BCUT2D eigenvalue weighted by molar-refractivity contribution is 9.09. The normalized spacial score (nSPS) is 18.8. The zero-order valence-electron chi connectivity index (χ0n) is 12.4. The predicted molar refractivity (Wildman–Crippen MR) is 96.9 cm³/mol. The highest BCUT2D eigenvalue weighted by Gasteiger charge is 2.40. The van der Waals surface area contributed by atoms with Gasteiger partial charge >= 0.3 is 0 Å². The molecule has 3 aromatic rings. The van der Waals surface area contributed by atoms with Crippen LogP contribution in [0.5, 0.6) is 0 Å². The maximum atomic E-state index is 6.78. The maximum Gasteiger partial charge on any atom is 0.0771 e. The molecule has 1 unspecified atom stereocenters. The first-order valence-electron chi connectivity index (χ1n) is 7.34. The fraction of sp³-hybridized carbons (Fsp3) is 0.211. The first-order chi connectivity index (χ1) is 10.5. The molecule has 0 fully saturated rings. The first kappa shape index (κ1) is 14.2. The minimum absolute atomic E-state index is 0.0443. The van der Waals surface area contributed by atoms with Crippen LogP contribution in [-0.4, -0.2) is 4.98 Å². The van der Waals surface area contributed by atoms with E-state index < -0.39 is 0 Å². The summed E-state index contributed by atoms with van der Waals surface area (Å²) in [6, 6.07) is 16.6. The van der Waals surface area contributed by atoms with E-state index >= 15 is 0 Å². The molecule has 1 nitrogen and oxygen atoms in total. The average Bonchev–Trinajstić information content (AvgIpc) is 2.53. The number of hydrogen-bond acceptors (Lipinski definition) is 1. The van der Waals surface area contributed by atoms with Gasteiger partial charge in [0.15, 0.2) is 0 Å². The summed E-state index contributed by atoms with van der Waals surface area (Å²) in [4.78, 5) is 5.05. The van der Waals surface area contributed by atoms with E-state index in [4.69, 9.17) is 16.6 Å². The molecule has 3 heteroatoms. The zero-order chi connectivity index (χ0) is 15.5. The number of rotatable bonds is 0. The number of hydrogen-bond donors (Lipinski definition) is 0. The van der Waals surface area contributed by atoms with E-state index in [1.807, 2.05) is 24.3 Å². The molecule has 110 valence electrons. The van der Waals surface area contributed by atoms with E-state index in [0.29, 0.717) is 0 Å². The molecule has 0 radical (unpaired) electrons. The highest BCUT2D eigenvalue weighted by atomic mass is 79.9. The van der Waals surface area contributed by atoms with Gasteiger partial charge in [-0.3, -0.25) is 0 Å². The molecule has 4 rings (SSSR count). The van der Waals surface area contributed by atoms with Gasteiger partial charge in [0.1, 0.15) is 0 Å². The van der Waals surface area contributed by atoms with Crippen LogP contribution in [0.2, 0.25) is 5.02 Å². The number of alkyl halides is 1. The molecular weight excluding hydrogens is 358 g/mol. The SMILES string of the molecule is CC1(C)c2ccccc2-c2nc3ccccc3c(Cl)c2C1Br. The molecule has 0 saturated heterocycles. The molecule has 0 spiro atoms. The lowest BCUT2D eigenvalue weighted by Crippen LogP contribution is -2.28. The van der Waals surface area contributed by atoms with Crippen LogP contribution in [0.4, 0.5) is 0 Å². The average molecular weight is 373 g/mol. The van der Waals surface area contributed by atoms with E-state index in [2.05, 4.69) is 54.0 Å². The quantitative estimate of drug-likeness (QED) is 0.423. The third kappa shape index (κ3) is 1.80. The minimum Gasteiger partial charge on any atom is -0.247 e. The number of para-hydroxylation sites is 1. The Labute approximate surface area is 143 Å². The molecule has 0 aliphatic heterocycles. The topological polar surface area (TPSA) is 12.9 Å². The highest BCUT2D eigenvalue weighted by Crippen LogP contribution is 2.55. The lowest BCUT2D eigenvalue weighted by atomic mass is 9.71. The van der Waals surface area contributed by atoms with Crippen molar-refractivity contribution in [2.24, 2.45) is 0 Å². The van der Waals surface area contributed by atoms with E-state index in [0.717, 1.165) is 27.2 Å².